The van der Waals surface area contributed by atoms with Gasteiger partial charge in [-0.15, -0.1) is 0 Å². The zero-order valence-corrected chi connectivity index (χ0v) is 14.2. The molecule has 2 atom stereocenters. The Morgan fingerprint density at radius 3 is 2.88 bits per heavy atom. The number of nitrogens with two attached hydrogens (primary N) is 1. The van der Waals surface area contributed by atoms with Gasteiger partial charge in [-0.2, -0.15) is 0 Å². The van der Waals surface area contributed by atoms with E-state index >= 15 is 0 Å². The van der Waals surface area contributed by atoms with E-state index < -0.39 is 12.1 Å². The van der Waals surface area contributed by atoms with Crippen LogP contribution in [0.1, 0.15) is 22.5 Å². The molecule has 130 valence electrons. The molecule has 1 aromatic carbocycles. The van der Waals surface area contributed by atoms with Gasteiger partial charge >= 0.3 is 0 Å². The summed E-state index contributed by atoms with van der Waals surface area (Å²) in [6, 6.07) is 9.93. The second-order valence-electron chi connectivity index (χ2n) is 6.89. The predicted molar refractivity (Wildman–Crippen MR) is 99.0 cm³/mol. The quantitative estimate of drug-likeness (QED) is 0.551. The lowest BCUT2D eigenvalue weighted by atomic mass is 9.99. The van der Waals surface area contributed by atoms with Crippen LogP contribution in [0.3, 0.4) is 0 Å². The highest BCUT2D eigenvalue weighted by atomic mass is 19.1. The van der Waals surface area contributed by atoms with Crippen molar-refractivity contribution in [2.45, 2.75) is 19.5 Å². The first kappa shape index (κ1) is 15.1. The maximum atomic E-state index is 13.4. The summed E-state index contributed by atoms with van der Waals surface area (Å²) in [5.41, 5.74) is 11.1. The van der Waals surface area contributed by atoms with Crippen LogP contribution in [0.4, 0.5) is 10.2 Å². The first-order valence-corrected chi connectivity index (χ1v) is 8.57. The summed E-state index contributed by atoms with van der Waals surface area (Å²) in [6.45, 7) is 2.07. The molecule has 26 heavy (non-hydrogen) atoms. The maximum absolute atomic E-state index is 13.4. The van der Waals surface area contributed by atoms with E-state index in [1.807, 2.05) is 36.7 Å². The Balaban J connectivity index is 1.69. The molecule has 6 heteroatoms. The van der Waals surface area contributed by atoms with Crippen LogP contribution in [-0.2, 0) is 0 Å². The average Bonchev–Trinajstić information content (AvgIpc) is 3.04. The highest BCUT2D eigenvalue weighted by Gasteiger charge is 2.45. The molecule has 0 unspecified atom stereocenters. The minimum absolute atomic E-state index is 0.157. The van der Waals surface area contributed by atoms with E-state index in [2.05, 4.69) is 23.0 Å². The van der Waals surface area contributed by atoms with Crippen LogP contribution in [0.2, 0.25) is 0 Å². The fourth-order valence-corrected chi connectivity index (χ4v) is 3.67. The number of rotatable bonds is 3. The lowest BCUT2D eigenvalue weighted by Gasteiger charge is -2.09. The lowest BCUT2D eigenvalue weighted by molar-refractivity contribution is 0.0952. The number of aromatic nitrogens is 3. The van der Waals surface area contributed by atoms with Crippen molar-refractivity contribution in [1.29, 1.82) is 0 Å². The van der Waals surface area contributed by atoms with E-state index in [0.29, 0.717) is 5.65 Å². The van der Waals surface area contributed by atoms with Gasteiger partial charge in [0.05, 0.1) is 5.92 Å². The fraction of sp³-hybridized carbons (Fsp3) is 0.200. The van der Waals surface area contributed by atoms with E-state index in [0.717, 1.165) is 27.6 Å². The number of carbonyl (C=O) groups is 1. The standard InChI is InChI=1S/C20H17FN4O/c1-10-12(3-4-16-13(10)6-7-23-16)11-2-5-17-24-20(22)18(25(17)9-11)19(26)14-8-15(14)21/h2-7,9,14-15,23H,8,22H2,1H3/t14-,15-/m0/s1. The molecule has 0 bridgehead atoms. The number of hydrogen-bond acceptors (Lipinski definition) is 3. The summed E-state index contributed by atoms with van der Waals surface area (Å²) < 4.78 is 15.1. The summed E-state index contributed by atoms with van der Waals surface area (Å²) in [4.78, 5) is 20.1. The van der Waals surface area contributed by atoms with Gasteiger partial charge in [0.15, 0.2) is 11.6 Å². The number of nitrogens with zero attached hydrogens (tertiary/aromatic N) is 2. The number of halogens is 1. The highest BCUT2D eigenvalue weighted by Crippen LogP contribution is 2.38. The summed E-state index contributed by atoms with van der Waals surface area (Å²) in [7, 11) is 0. The molecule has 5 nitrogen and oxygen atoms in total. The summed E-state index contributed by atoms with van der Waals surface area (Å²) in [5.74, 6) is -0.694. The van der Waals surface area contributed by atoms with Gasteiger partial charge < -0.3 is 10.7 Å². The number of pyridine rings is 1. The van der Waals surface area contributed by atoms with Crippen molar-refractivity contribution in [3.63, 3.8) is 0 Å². The molecule has 1 fully saturated rings. The number of aryl methyl sites for hydroxylation is 1. The largest absolute Gasteiger partial charge is 0.382 e. The van der Waals surface area contributed by atoms with Gasteiger partial charge in [-0.25, -0.2) is 9.37 Å². The van der Waals surface area contributed by atoms with Crippen LogP contribution in [0.25, 0.3) is 27.7 Å². The second-order valence-corrected chi connectivity index (χ2v) is 6.89. The second kappa shape index (κ2) is 5.17. The van der Waals surface area contributed by atoms with E-state index in [4.69, 9.17) is 5.73 Å². The number of aromatic amines is 1. The summed E-state index contributed by atoms with van der Waals surface area (Å²) in [5, 5.41) is 1.15. The number of carbonyl (C=O) groups excluding carboxylic acids is 1. The molecule has 3 aromatic heterocycles. The number of anilines is 1. The molecular formula is C20H17FN4O. The molecule has 3 N–H and O–H groups in total. The zero-order valence-electron chi connectivity index (χ0n) is 14.2. The number of ketones is 1. The van der Waals surface area contributed by atoms with Crippen molar-refractivity contribution in [3.8, 4) is 11.1 Å². The third-order valence-electron chi connectivity index (χ3n) is 5.24. The minimum atomic E-state index is -1.06. The number of hydrogen-bond donors (Lipinski definition) is 2. The van der Waals surface area contributed by atoms with E-state index in [-0.39, 0.29) is 23.7 Å². The maximum Gasteiger partial charge on any atom is 0.189 e. The number of benzene rings is 1. The Hall–Kier alpha value is -3.15. The molecule has 3 heterocycles. The molecule has 0 aliphatic heterocycles. The Morgan fingerprint density at radius 2 is 2.12 bits per heavy atom. The van der Waals surface area contributed by atoms with Gasteiger partial charge in [0.25, 0.3) is 0 Å². The molecule has 0 radical (unpaired) electrons. The molecule has 1 aliphatic carbocycles. The topological polar surface area (TPSA) is 76.2 Å². The van der Waals surface area contributed by atoms with Crippen LogP contribution in [0.5, 0.6) is 0 Å². The normalized spacial score (nSPS) is 19.3. The van der Waals surface area contributed by atoms with Gasteiger partial charge in [-0.05, 0) is 54.3 Å². The van der Waals surface area contributed by atoms with Crippen LogP contribution in [-0.4, -0.2) is 26.3 Å². The fourth-order valence-electron chi connectivity index (χ4n) is 3.67. The number of Topliss-reactive ketones (excluding diaryl/α,β-unsaturated/α-hetero) is 1. The molecular weight excluding hydrogens is 331 g/mol. The van der Waals surface area contributed by atoms with E-state index in [1.165, 1.54) is 0 Å². The Bertz CT molecular complexity index is 1190. The van der Waals surface area contributed by atoms with Gasteiger partial charge in [0, 0.05) is 23.3 Å². The van der Waals surface area contributed by atoms with Crippen LogP contribution >= 0.6 is 0 Å². The van der Waals surface area contributed by atoms with Crippen LogP contribution in [0.15, 0.2) is 42.7 Å². The average molecular weight is 348 g/mol. The molecule has 5 rings (SSSR count). The van der Waals surface area contributed by atoms with E-state index in [1.54, 1.807) is 4.40 Å². The van der Waals surface area contributed by atoms with Crippen molar-refractivity contribution in [2.75, 3.05) is 5.73 Å². The molecule has 0 spiro atoms. The smallest absolute Gasteiger partial charge is 0.189 e. The van der Waals surface area contributed by atoms with E-state index in [9.17, 15) is 9.18 Å². The summed E-state index contributed by atoms with van der Waals surface area (Å²) >= 11 is 0. The van der Waals surface area contributed by atoms with Crippen molar-refractivity contribution in [2.24, 2.45) is 5.92 Å². The van der Waals surface area contributed by atoms with Gasteiger partial charge in [0.1, 0.15) is 17.5 Å². The first-order valence-electron chi connectivity index (χ1n) is 8.57. The predicted octanol–water partition coefficient (Wildman–Crippen LogP) is 3.91. The number of H-pyrrole nitrogens is 1. The lowest BCUT2D eigenvalue weighted by Crippen LogP contribution is -2.10. The van der Waals surface area contributed by atoms with Crippen LogP contribution < -0.4 is 5.73 Å². The number of nitrogen functional groups attached to an aromatic ring is 1. The number of alkyl halides is 1. The molecule has 0 amide bonds. The third-order valence-corrected chi connectivity index (χ3v) is 5.24. The Morgan fingerprint density at radius 1 is 1.31 bits per heavy atom. The van der Waals surface area contributed by atoms with Gasteiger partial charge in [0.2, 0.25) is 0 Å². The SMILES string of the molecule is Cc1c(-c2ccc3nc(N)c(C(=O)[C@H]4C[C@@H]4F)n3c2)ccc2[nH]ccc12. The molecule has 4 aromatic rings. The Labute approximate surface area is 148 Å². The highest BCUT2D eigenvalue weighted by molar-refractivity contribution is 6.03. The van der Waals surface area contributed by atoms with Crippen molar-refractivity contribution in [3.05, 3.63) is 54.0 Å². The molecule has 1 aliphatic rings. The monoisotopic (exact) mass is 348 g/mol. The Kier molecular flexibility index (Phi) is 3.01. The number of fused-ring (bicyclic) bond motifs is 2. The summed E-state index contributed by atoms with van der Waals surface area (Å²) in [6.07, 6.45) is 2.99. The molecule has 0 saturated heterocycles. The number of imidazole rings is 1. The van der Waals surface area contributed by atoms with Gasteiger partial charge in [-0.1, -0.05) is 6.07 Å². The number of nitrogens with one attached hydrogen (secondary N) is 1. The van der Waals surface area contributed by atoms with Crippen LogP contribution in [0, 0.1) is 12.8 Å². The van der Waals surface area contributed by atoms with Crippen molar-refractivity contribution < 1.29 is 9.18 Å². The van der Waals surface area contributed by atoms with Crippen molar-refractivity contribution in [1.82, 2.24) is 14.4 Å². The zero-order chi connectivity index (χ0) is 18.0. The first-order chi connectivity index (χ1) is 12.5. The van der Waals surface area contributed by atoms with Gasteiger partial charge in [-0.3, -0.25) is 9.20 Å². The minimum Gasteiger partial charge on any atom is -0.382 e. The third kappa shape index (κ3) is 2.08. The van der Waals surface area contributed by atoms with Crippen molar-refractivity contribution >= 4 is 28.2 Å². The molecule has 1 saturated carbocycles.